The molecule has 2 heterocycles. The van der Waals surface area contributed by atoms with Crippen molar-refractivity contribution in [2.24, 2.45) is 0 Å². The molecule has 11 heteroatoms. The van der Waals surface area contributed by atoms with Crippen LogP contribution in [-0.2, 0) is 19.3 Å². The van der Waals surface area contributed by atoms with Crippen molar-refractivity contribution in [2.75, 3.05) is 11.8 Å². The zero-order chi connectivity index (χ0) is 21.6. The number of aromatic nitrogens is 1. The van der Waals surface area contributed by atoms with Crippen LogP contribution < -0.4 is 14.9 Å². The van der Waals surface area contributed by atoms with E-state index in [1.807, 2.05) is 27.7 Å². The highest BCUT2D eigenvalue weighted by Crippen LogP contribution is 2.37. The molecule has 3 rings (SSSR count). The van der Waals surface area contributed by atoms with Crippen LogP contribution in [0.3, 0.4) is 0 Å². The summed E-state index contributed by atoms with van der Waals surface area (Å²) in [6.07, 6.45) is 1.42. The Morgan fingerprint density at radius 3 is 2.17 bits per heavy atom. The molecule has 0 radical (unpaired) electrons. The minimum Gasteiger partial charge on any atom is -0.480 e. The Labute approximate surface area is 168 Å². The molecule has 1 aliphatic heterocycles. The number of rotatable bonds is 5. The molecule has 0 bridgehead atoms. The van der Waals surface area contributed by atoms with Crippen LogP contribution >= 0.6 is 0 Å². The van der Waals surface area contributed by atoms with Crippen LogP contribution in [0, 0.1) is 11.6 Å². The molecule has 156 valence electrons. The number of ether oxygens (including phenoxy) is 1. The lowest BCUT2D eigenvalue weighted by molar-refractivity contribution is 0.00578. The monoisotopic (exact) mass is 426 g/mol. The number of nitrogens with one attached hydrogen (secondary N) is 1. The topological polar surface area (TPSA) is 86.8 Å². The molecule has 2 aromatic rings. The maximum Gasteiger partial charge on any atom is 0.496 e. The van der Waals surface area contributed by atoms with Gasteiger partial charge in [-0.25, -0.2) is 22.2 Å². The van der Waals surface area contributed by atoms with Crippen LogP contribution in [0.4, 0.5) is 14.5 Å². The van der Waals surface area contributed by atoms with Crippen molar-refractivity contribution in [1.82, 2.24) is 4.98 Å². The molecule has 0 saturated carbocycles. The number of methoxy groups -OCH3 is 1. The van der Waals surface area contributed by atoms with Crippen LogP contribution in [0.2, 0.25) is 0 Å². The maximum atomic E-state index is 14.0. The number of sulfonamides is 1. The zero-order valence-electron chi connectivity index (χ0n) is 16.6. The van der Waals surface area contributed by atoms with Crippen molar-refractivity contribution < 1.29 is 31.2 Å². The fourth-order valence-corrected chi connectivity index (χ4v) is 3.93. The van der Waals surface area contributed by atoms with Gasteiger partial charge in [0.25, 0.3) is 10.0 Å². The molecule has 0 atom stereocenters. The smallest absolute Gasteiger partial charge is 0.480 e. The lowest BCUT2D eigenvalue weighted by Crippen LogP contribution is -2.41. The number of pyridine rings is 1. The number of benzene rings is 1. The average Bonchev–Trinajstić information content (AvgIpc) is 2.81. The van der Waals surface area contributed by atoms with Gasteiger partial charge in [0.1, 0.15) is 17.3 Å². The minimum atomic E-state index is -4.59. The van der Waals surface area contributed by atoms with Crippen LogP contribution in [0.15, 0.2) is 35.4 Å². The van der Waals surface area contributed by atoms with E-state index in [4.69, 9.17) is 14.0 Å². The molecular formula is C18H21BF2N2O5S. The van der Waals surface area contributed by atoms with Crippen LogP contribution in [0.25, 0.3) is 0 Å². The van der Waals surface area contributed by atoms with Gasteiger partial charge in [-0.15, -0.1) is 0 Å². The average molecular weight is 426 g/mol. The third-order valence-corrected chi connectivity index (χ3v) is 6.44. The number of hydrogen-bond donors (Lipinski definition) is 1. The highest BCUT2D eigenvalue weighted by molar-refractivity contribution is 7.92. The van der Waals surface area contributed by atoms with Gasteiger partial charge in [0.15, 0.2) is 4.90 Å². The fraction of sp³-hybridized carbons (Fsp3) is 0.389. The van der Waals surface area contributed by atoms with Crippen LogP contribution in [0.5, 0.6) is 5.88 Å². The van der Waals surface area contributed by atoms with E-state index >= 15 is 0 Å². The zero-order valence-corrected chi connectivity index (χ0v) is 17.4. The second-order valence-electron chi connectivity index (χ2n) is 7.57. The molecule has 1 N–H and O–H groups in total. The first-order valence-corrected chi connectivity index (χ1v) is 10.2. The Balaban J connectivity index is 1.99. The Morgan fingerprint density at radius 1 is 1.10 bits per heavy atom. The van der Waals surface area contributed by atoms with E-state index < -0.39 is 44.9 Å². The predicted molar refractivity (Wildman–Crippen MR) is 104 cm³/mol. The van der Waals surface area contributed by atoms with E-state index in [1.54, 1.807) is 0 Å². The lowest BCUT2D eigenvalue weighted by Gasteiger charge is -2.32. The van der Waals surface area contributed by atoms with E-state index in [0.717, 1.165) is 18.2 Å². The number of nitrogens with zero attached hydrogens (tertiary/aromatic N) is 1. The number of hydrogen-bond acceptors (Lipinski definition) is 6. The second-order valence-corrected chi connectivity index (χ2v) is 9.19. The van der Waals surface area contributed by atoms with Gasteiger partial charge in [-0.3, -0.25) is 4.72 Å². The molecule has 0 spiro atoms. The summed E-state index contributed by atoms with van der Waals surface area (Å²) in [5, 5.41) is 0. The van der Waals surface area contributed by atoms with Crippen molar-refractivity contribution >= 4 is 28.3 Å². The first-order chi connectivity index (χ1) is 13.4. The molecule has 1 aliphatic rings. The number of anilines is 1. The SMILES string of the molecule is COc1ncc(B2OC(C)(C)C(C)(C)O2)cc1NS(=O)(=O)c1c(F)cccc1F. The molecule has 0 amide bonds. The molecule has 29 heavy (non-hydrogen) atoms. The van der Waals surface area contributed by atoms with Gasteiger partial charge in [-0.1, -0.05) is 6.07 Å². The standard InChI is InChI=1S/C18H21BF2N2O5S/c1-17(2)18(3,4)28-19(27-17)11-9-14(16(26-5)22-10-11)23-29(24,25)15-12(20)7-6-8-13(15)21/h6-10,23H,1-5H3. The third-order valence-electron chi connectivity index (χ3n) is 5.02. The Kier molecular flexibility index (Phi) is 5.35. The summed E-state index contributed by atoms with van der Waals surface area (Å²) in [5.74, 6) is -2.51. The van der Waals surface area contributed by atoms with E-state index in [0.29, 0.717) is 5.46 Å². The third kappa shape index (κ3) is 3.94. The van der Waals surface area contributed by atoms with Crippen LogP contribution in [0.1, 0.15) is 27.7 Å². The highest BCUT2D eigenvalue weighted by atomic mass is 32.2. The van der Waals surface area contributed by atoms with Gasteiger partial charge < -0.3 is 14.0 Å². The van der Waals surface area contributed by atoms with Crippen molar-refractivity contribution in [2.45, 2.75) is 43.8 Å². The summed E-state index contributed by atoms with van der Waals surface area (Å²) in [7, 11) is -4.12. The molecule has 1 aromatic heterocycles. The molecule has 0 aliphatic carbocycles. The van der Waals surface area contributed by atoms with Crippen molar-refractivity contribution in [3.8, 4) is 5.88 Å². The summed E-state index contributed by atoms with van der Waals surface area (Å²) in [4.78, 5) is 2.97. The summed E-state index contributed by atoms with van der Waals surface area (Å²) < 4.78 is 72.3. The van der Waals surface area contributed by atoms with Crippen molar-refractivity contribution in [3.05, 3.63) is 42.1 Å². The van der Waals surface area contributed by atoms with Gasteiger partial charge in [-0.2, -0.15) is 0 Å². The van der Waals surface area contributed by atoms with E-state index in [1.165, 1.54) is 19.4 Å². The Bertz CT molecular complexity index is 1010. The number of halogens is 2. The lowest BCUT2D eigenvalue weighted by atomic mass is 9.80. The minimum absolute atomic E-state index is 0.0782. The van der Waals surface area contributed by atoms with Gasteiger partial charge >= 0.3 is 7.12 Å². The normalized spacial score (nSPS) is 18.0. The molecule has 1 aromatic carbocycles. The van der Waals surface area contributed by atoms with Crippen molar-refractivity contribution in [3.63, 3.8) is 0 Å². The van der Waals surface area contributed by atoms with Gasteiger partial charge in [0, 0.05) is 11.7 Å². The summed E-state index contributed by atoms with van der Waals surface area (Å²) in [6.45, 7) is 7.48. The van der Waals surface area contributed by atoms with E-state index in [2.05, 4.69) is 9.71 Å². The Morgan fingerprint density at radius 2 is 1.66 bits per heavy atom. The molecular weight excluding hydrogens is 405 g/mol. The molecule has 7 nitrogen and oxygen atoms in total. The summed E-state index contributed by atoms with van der Waals surface area (Å²) in [6, 6.07) is 4.18. The largest absolute Gasteiger partial charge is 0.496 e. The summed E-state index contributed by atoms with van der Waals surface area (Å²) >= 11 is 0. The maximum absolute atomic E-state index is 14.0. The second kappa shape index (κ2) is 7.23. The van der Waals surface area contributed by atoms with E-state index in [-0.39, 0.29) is 11.6 Å². The van der Waals surface area contributed by atoms with Crippen LogP contribution in [-0.4, -0.2) is 38.8 Å². The highest BCUT2D eigenvalue weighted by Gasteiger charge is 2.52. The van der Waals surface area contributed by atoms with Crippen molar-refractivity contribution in [1.29, 1.82) is 0 Å². The fourth-order valence-electron chi connectivity index (χ4n) is 2.75. The molecule has 1 fully saturated rings. The van der Waals surface area contributed by atoms with E-state index in [9.17, 15) is 17.2 Å². The molecule has 0 unspecified atom stereocenters. The summed E-state index contributed by atoms with van der Waals surface area (Å²) in [5.41, 5.74) is -0.931. The quantitative estimate of drug-likeness (QED) is 0.740. The predicted octanol–water partition coefficient (Wildman–Crippen LogP) is 2.47. The van der Waals surface area contributed by atoms with Gasteiger partial charge in [0.05, 0.1) is 18.3 Å². The van der Waals surface area contributed by atoms with Gasteiger partial charge in [-0.05, 0) is 45.9 Å². The first kappa shape index (κ1) is 21.5. The molecule has 1 saturated heterocycles. The van der Waals surface area contributed by atoms with Gasteiger partial charge in [0.2, 0.25) is 5.88 Å². The first-order valence-electron chi connectivity index (χ1n) is 8.74. The Hall–Kier alpha value is -2.24.